The van der Waals surface area contributed by atoms with Crippen molar-refractivity contribution < 1.29 is 14.3 Å². The zero-order valence-electron chi connectivity index (χ0n) is 11.8. The second kappa shape index (κ2) is 8.79. The minimum atomic E-state index is -0.109. The Labute approximate surface area is 124 Å². The third kappa shape index (κ3) is 6.23. The number of amides is 1. The molecule has 6 heteroatoms. The fourth-order valence-corrected chi connectivity index (χ4v) is 1.82. The van der Waals surface area contributed by atoms with Gasteiger partial charge in [-0.25, -0.2) is 0 Å². The van der Waals surface area contributed by atoms with Crippen LogP contribution in [0, 0.1) is 0 Å². The molecular formula is C14H21ClN2O3. The van der Waals surface area contributed by atoms with Crippen LogP contribution in [-0.2, 0) is 14.3 Å². The average Bonchev–Trinajstić information content (AvgIpc) is 2.39. The van der Waals surface area contributed by atoms with Crippen LogP contribution in [0.4, 0.5) is 11.4 Å². The lowest BCUT2D eigenvalue weighted by Crippen LogP contribution is -2.17. The summed E-state index contributed by atoms with van der Waals surface area (Å²) in [6, 6.07) is 4.97. The number of ether oxygens (including phenoxy) is 2. The van der Waals surface area contributed by atoms with E-state index >= 15 is 0 Å². The summed E-state index contributed by atoms with van der Waals surface area (Å²) in [6.45, 7) is 2.99. The third-order valence-corrected chi connectivity index (χ3v) is 2.88. The van der Waals surface area contributed by atoms with E-state index in [1.54, 1.807) is 25.3 Å². The van der Waals surface area contributed by atoms with E-state index in [0.29, 0.717) is 42.5 Å². The first-order chi connectivity index (χ1) is 9.52. The summed E-state index contributed by atoms with van der Waals surface area (Å²) in [5.41, 5.74) is 6.79. The highest BCUT2D eigenvalue weighted by Gasteiger charge is 2.07. The van der Waals surface area contributed by atoms with Crippen molar-refractivity contribution in [3.05, 3.63) is 23.2 Å². The first-order valence-electron chi connectivity index (χ1n) is 6.48. The van der Waals surface area contributed by atoms with Gasteiger partial charge >= 0.3 is 0 Å². The summed E-state index contributed by atoms with van der Waals surface area (Å²) in [5, 5.41) is 3.27. The molecule has 0 aromatic heterocycles. The van der Waals surface area contributed by atoms with Crippen LogP contribution in [0.3, 0.4) is 0 Å². The maximum atomic E-state index is 11.8. The Morgan fingerprint density at radius 2 is 2.25 bits per heavy atom. The number of carbonyl (C=O) groups excluding carboxylic acids is 1. The van der Waals surface area contributed by atoms with Gasteiger partial charge in [-0.1, -0.05) is 11.6 Å². The van der Waals surface area contributed by atoms with Gasteiger partial charge in [0.25, 0.3) is 0 Å². The second-order valence-electron chi connectivity index (χ2n) is 4.52. The molecule has 20 heavy (non-hydrogen) atoms. The summed E-state index contributed by atoms with van der Waals surface area (Å²) in [7, 11) is 1.63. The quantitative estimate of drug-likeness (QED) is 0.572. The highest BCUT2D eigenvalue weighted by Crippen LogP contribution is 2.23. The summed E-state index contributed by atoms with van der Waals surface area (Å²) >= 11 is 5.85. The first kappa shape index (κ1) is 16.8. The molecule has 0 aliphatic carbocycles. The molecule has 0 aliphatic heterocycles. The lowest BCUT2D eigenvalue weighted by Gasteiger charge is -2.12. The topological polar surface area (TPSA) is 73.6 Å². The smallest absolute Gasteiger partial charge is 0.224 e. The minimum absolute atomic E-state index is 0.0339. The highest BCUT2D eigenvalue weighted by atomic mass is 35.5. The molecule has 5 nitrogen and oxygen atoms in total. The third-order valence-electron chi connectivity index (χ3n) is 2.64. The van der Waals surface area contributed by atoms with E-state index in [2.05, 4.69) is 5.32 Å². The van der Waals surface area contributed by atoms with Gasteiger partial charge in [0.05, 0.1) is 24.1 Å². The van der Waals surface area contributed by atoms with Crippen LogP contribution in [0.2, 0.25) is 5.02 Å². The number of hydrogen-bond acceptors (Lipinski definition) is 4. The number of methoxy groups -OCH3 is 1. The van der Waals surface area contributed by atoms with E-state index in [0.717, 1.165) is 0 Å². The molecule has 0 radical (unpaired) electrons. The average molecular weight is 301 g/mol. The van der Waals surface area contributed by atoms with Crippen molar-refractivity contribution in [1.29, 1.82) is 0 Å². The van der Waals surface area contributed by atoms with Crippen LogP contribution >= 0.6 is 11.6 Å². The highest BCUT2D eigenvalue weighted by molar-refractivity contribution is 6.31. The van der Waals surface area contributed by atoms with Crippen molar-refractivity contribution in [2.24, 2.45) is 0 Å². The van der Waals surface area contributed by atoms with Crippen molar-refractivity contribution in [3.8, 4) is 0 Å². The van der Waals surface area contributed by atoms with Crippen LogP contribution in [0.1, 0.15) is 19.8 Å². The second-order valence-corrected chi connectivity index (χ2v) is 4.96. The summed E-state index contributed by atoms with van der Waals surface area (Å²) in [5.74, 6) is -0.109. The maximum Gasteiger partial charge on any atom is 0.224 e. The predicted molar refractivity (Wildman–Crippen MR) is 81.0 cm³/mol. The Morgan fingerprint density at radius 3 is 2.95 bits per heavy atom. The number of benzene rings is 1. The lowest BCUT2D eigenvalue weighted by molar-refractivity contribution is -0.116. The number of halogens is 1. The van der Waals surface area contributed by atoms with E-state index in [1.807, 2.05) is 6.92 Å². The number of nitrogen functional groups attached to an aromatic ring is 1. The van der Waals surface area contributed by atoms with Crippen molar-refractivity contribution >= 4 is 28.9 Å². The molecule has 1 amide bonds. The molecule has 1 unspecified atom stereocenters. The summed E-state index contributed by atoms with van der Waals surface area (Å²) < 4.78 is 10.4. The van der Waals surface area contributed by atoms with Crippen LogP contribution in [0.25, 0.3) is 0 Å². The van der Waals surface area contributed by atoms with Gasteiger partial charge in [0.2, 0.25) is 5.91 Å². The molecule has 112 valence electrons. The number of nitrogens with one attached hydrogen (secondary N) is 1. The van der Waals surface area contributed by atoms with Crippen molar-refractivity contribution in [2.45, 2.75) is 25.9 Å². The van der Waals surface area contributed by atoms with E-state index in [4.69, 9.17) is 26.8 Å². The van der Waals surface area contributed by atoms with Crippen LogP contribution in [0.15, 0.2) is 18.2 Å². The van der Waals surface area contributed by atoms with E-state index in [9.17, 15) is 4.79 Å². The molecule has 3 N–H and O–H groups in total. The summed E-state index contributed by atoms with van der Waals surface area (Å²) in [4.78, 5) is 11.8. The molecule has 1 aromatic carbocycles. The van der Waals surface area contributed by atoms with Crippen LogP contribution < -0.4 is 11.1 Å². The maximum absolute atomic E-state index is 11.8. The molecule has 0 saturated heterocycles. The number of rotatable bonds is 8. The molecule has 0 bridgehead atoms. The molecule has 0 fully saturated rings. The Bertz CT molecular complexity index is 440. The molecule has 0 saturated carbocycles. The lowest BCUT2D eigenvalue weighted by atomic mass is 10.2. The van der Waals surface area contributed by atoms with E-state index in [-0.39, 0.29) is 12.0 Å². The van der Waals surface area contributed by atoms with Crippen LogP contribution in [0.5, 0.6) is 0 Å². The molecule has 0 spiro atoms. The first-order valence-corrected chi connectivity index (χ1v) is 6.86. The van der Waals surface area contributed by atoms with Crippen molar-refractivity contribution in [1.82, 2.24) is 0 Å². The Balaban J connectivity index is 2.28. The van der Waals surface area contributed by atoms with Crippen molar-refractivity contribution in [2.75, 3.05) is 31.4 Å². The van der Waals surface area contributed by atoms with Crippen molar-refractivity contribution in [3.63, 3.8) is 0 Å². The predicted octanol–water partition coefficient (Wildman–Crippen LogP) is 2.69. The molecule has 0 aliphatic rings. The minimum Gasteiger partial charge on any atom is -0.397 e. The fraction of sp³-hybridized carbons (Fsp3) is 0.500. The summed E-state index contributed by atoms with van der Waals surface area (Å²) in [6.07, 6.45) is 1.04. The number of carbonyl (C=O) groups is 1. The van der Waals surface area contributed by atoms with Gasteiger partial charge in [0, 0.05) is 25.2 Å². The van der Waals surface area contributed by atoms with Gasteiger partial charge in [-0.05, 0) is 31.5 Å². The zero-order chi connectivity index (χ0) is 15.0. The molecule has 1 rings (SSSR count). The fourth-order valence-electron chi connectivity index (χ4n) is 1.65. The number of hydrogen-bond donors (Lipinski definition) is 2. The van der Waals surface area contributed by atoms with Gasteiger partial charge in [-0.15, -0.1) is 0 Å². The molecule has 1 atom stereocenters. The van der Waals surface area contributed by atoms with Gasteiger partial charge in [0.15, 0.2) is 0 Å². The Morgan fingerprint density at radius 1 is 1.50 bits per heavy atom. The largest absolute Gasteiger partial charge is 0.397 e. The zero-order valence-corrected chi connectivity index (χ0v) is 12.6. The Kier molecular flexibility index (Phi) is 7.36. The van der Waals surface area contributed by atoms with E-state index < -0.39 is 0 Å². The molecule has 0 heterocycles. The van der Waals surface area contributed by atoms with Gasteiger partial charge in [-0.2, -0.15) is 0 Å². The van der Waals surface area contributed by atoms with Gasteiger partial charge in [0.1, 0.15) is 0 Å². The number of anilines is 2. The normalized spacial score (nSPS) is 12.2. The molecule has 1 aromatic rings. The van der Waals surface area contributed by atoms with Crippen LogP contribution in [-0.4, -0.2) is 32.3 Å². The van der Waals surface area contributed by atoms with Gasteiger partial charge in [-0.3, -0.25) is 4.79 Å². The standard InChI is InChI=1S/C14H21ClN2O3/c1-10(9-19-2)20-7-3-4-14(18)17-13-8-11(15)5-6-12(13)16/h5-6,8,10H,3-4,7,9,16H2,1-2H3,(H,17,18). The monoisotopic (exact) mass is 300 g/mol. The Hall–Kier alpha value is -1.30. The molecular weight excluding hydrogens is 280 g/mol. The SMILES string of the molecule is COCC(C)OCCCC(=O)Nc1cc(Cl)ccc1N. The van der Waals surface area contributed by atoms with E-state index in [1.165, 1.54) is 0 Å². The number of nitrogens with two attached hydrogens (primary N) is 1. The van der Waals surface area contributed by atoms with Gasteiger partial charge < -0.3 is 20.5 Å².